The lowest BCUT2D eigenvalue weighted by Crippen LogP contribution is -2.40. The third-order valence-corrected chi connectivity index (χ3v) is 3.83. The van der Waals surface area contributed by atoms with Crippen molar-refractivity contribution in [2.24, 2.45) is 0 Å². The van der Waals surface area contributed by atoms with Gasteiger partial charge in [0.15, 0.2) is 0 Å². The second-order valence-corrected chi connectivity index (χ2v) is 5.20. The highest BCUT2D eigenvalue weighted by atomic mass is 32.1. The molecule has 4 heteroatoms. The van der Waals surface area contributed by atoms with Crippen molar-refractivity contribution in [1.29, 1.82) is 0 Å². The number of benzene rings is 1. The Morgan fingerprint density at radius 3 is 2.83 bits per heavy atom. The minimum absolute atomic E-state index is 0.00582. The number of hydrogen-bond acceptors (Lipinski definition) is 3. The lowest BCUT2D eigenvalue weighted by Gasteiger charge is -2.22. The van der Waals surface area contributed by atoms with Gasteiger partial charge in [0.1, 0.15) is 0 Å². The minimum atomic E-state index is 0.00582. The normalized spacial score (nSPS) is 20.0. The fourth-order valence-corrected chi connectivity index (χ4v) is 2.62. The van der Waals surface area contributed by atoms with E-state index in [1.54, 1.807) is 0 Å². The van der Waals surface area contributed by atoms with E-state index in [0.717, 1.165) is 24.5 Å². The molecule has 3 nitrogen and oxygen atoms in total. The van der Waals surface area contributed by atoms with Gasteiger partial charge in [-0.15, -0.1) is 12.6 Å². The molecule has 1 unspecified atom stereocenters. The topological polar surface area (TPSA) is 32.3 Å². The lowest BCUT2D eigenvalue weighted by atomic mass is 10.2. The summed E-state index contributed by atoms with van der Waals surface area (Å²) in [5.74, 6) is 0.00582. The van der Waals surface area contributed by atoms with Crippen LogP contribution in [0.15, 0.2) is 29.2 Å². The molecule has 2 rings (SSSR count). The van der Waals surface area contributed by atoms with Gasteiger partial charge >= 0.3 is 0 Å². The van der Waals surface area contributed by atoms with E-state index in [0.29, 0.717) is 11.6 Å². The Bertz CT molecular complexity index is 405. The van der Waals surface area contributed by atoms with Crippen LogP contribution in [0.3, 0.4) is 0 Å². The van der Waals surface area contributed by atoms with Crippen LogP contribution in [0.1, 0.15) is 30.1 Å². The molecule has 0 aromatic heterocycles. The average molecular weight is 264 g/mol. The Balaban J connectivity index is 1.86. The quantitative estimate of drug-likeness (QED) is 0.817. The molecule has 1 atom stereocenters. The second kappa shape index (κ2) is 6.25. The molecule has 0 radical (unpaired) electrons. The first-order valence-electron chi connectivity index (χ1n) is 6.52. The molecule has 98 valence electrons. The molecular weight excluding hydrogens is 244 g/mol. The molecule has 0 aliphatic carbocycles. The van der Waals surface area contributed by atoms with Gasteiger partial charge in [0, 0.05) is 23.0 Å². The van der Waals surface area contributed by atoms with Crippen molar-refractivity contribution < 1.29 is 4.79 Å². The van der Waals surface area contributed by atoms with Crippen molar-refractivity contribution in [3.8, 4) is 0 Å². The van der Waals surface area contributed by atoms with Crippen LogP contribution in [0, 0.1) is 0 Å². The van der Waals surface area contributed by atoms with Gasteiger partial charge in [0.2, 0.25) is 0 Å². The summed E-state index contributed by atoms with van der Waals surface area (Å²) in [5.41, 5.74) is 0.703. The number of carbonyl (C=O) groups is 1. The first-order chi connectivity index (χ1) is 8.70. The third kappa shape index (κ3) is 3.27. The Kier molecular flexibility index (Phi) is 4.66. The molecule has 1 saturated heterocycles. The number of carbonyl (C=O) groups excluding carboxylic acids is 1. The molecule has 0 spiro atoms. The maximum Gasteiger partial charge on any atom is 0.251 e. The van der Waals surface area contributed by atoms with Gasteiger partial charge in [-0.25, -0.2) is 0 Å². The molecule has 1 aliphatic rings. The van der Waals surface area contributed by atoms with Crippen LogP contribution in [0.2, 0.25) is 0 Å². The summed E-state index contributed by atoms with van der Waals surface area (Å²) in [6.45, 7) is 5.14. The zero-order valence-electron chi connectivity index (χ0n) is 10.7. The van der Waals surface area contributed by atoms with Crippen molar-refractivity contribution in [2.75, 3.05) is 19.6 Å². The molecule has 0 saturated carbocycles. The average Bonchev–Trinajstić information content (AvgIpc) is 2.84. The van der Waals surface area contributed by atoms with Crippen molar-refractivity contribution in [2.45, 2.75) is 30.7 Å². The number of nitrogens with zero attached hydrogens (tertiary/aromatic N) is 1. The summed E-state index contributed by atoms with van der Waals surface area (Å²) in [7, 11) is 0. The van der Waals surface area contributed by atoms with Crippen LogP contribution in [0.4, 0.5) is 0 Å². The highest BCUT2D eigenvalue weighted by molar-refractivity contribution is 7.80. The van der Waals surface area contributed by atoms with Crippen LogP contribution in [0.25, 0.3) is 0 Å². The van der Waals surface area contributed by atoms with Gasteiger partial charge in [-0.3, -0.25) is 9.69 Å². The van der Waals surface area contributed by atoms with Crippen molar-refractivity contribution in [3.05, 3.63) is 29.8 Å². The Hall–Kier alpha value is -1.00. The summed E-state index contributed by atoms with van der Waals surface area (Å²) < 4.78 is 0. The molecule has 1 aliphatic heterocycles. The largest absolute Gasteiger partial charge is 0.350 e. The second-order valence-electron chi connectivity index (χ2n) is 4.68. The number of amides is 1. The molecule has 1 heterocycles. The summed E-state index contributed by atoms with van der Waals surface area (Å²) >= 11 is 4.21. The van der Waals surface area contributed by atoms with E-state index in [-0.39, 0.29) is 5.91 Å². The Morgan fingerprint density at radius 1 is 1.44 bits per heavy atom. The van der Waals surface area contributed by atoms with Crippen LogP contribution >= 0.6 is 12.6 Å². The highest BCUT2D eigenvalue weighted by Crippen LogP contribution is 2.15. The minimum Gasteiger partial charge on any atom is -0.350 e. The number of hydrogen-bond donors (Lipinski definition) is 2. The zero-order valence-corrected chi connectivity index (χ0v) is 11.6. The molecule has 1 fully saturated rings. The molecule has 1 amide bonds. The SMILES string of the molecule is CCN1CCCC1CNC(=O)c1ccc(S)cc1. The predicted octanol–water partition coefficient (Wildman–Crippen LogP) is 2.19. The molecular formula is C14H20N2OS. The van der Waals surface area contributed by atoms with Crippen LogP contribution < -0.4 is 5.32 Å². The van der Waals surface area contributed by atoms with Crippen molar-refractivity contribution in [3.63, 3.8) is 0 Å². The smallest absolute Gasteiger partial charge is 0.251 e. The highest BCUT2D eigenvalue weighted by Gasteiger charge is 2.23. The monoisotopic (exact) mass is 264 g/mol. The van der Waals surface area contributed by atoms with Gasteiger partial charge in [-0.1, -0.05) is 6.92 Å². The number of rotatable bonds is 4. The Morgan fingerprint density at radius 2 is 2.17 bits per heavy atom. The van der Waals surface area contributed by atoms with Gasteiger partial charge in [-0.05, 0) is 50.2 Å². The summed E-state index contributed by atoms with van der Waals surface area (Å²) in [4.78, 5) is 15.3. The summed E-state index contributed by atoms with van der Waals surface area (Å²) in [6, 6.07) is 7.80. The van der Waals surface area contributed by atoms with Gasteiger partial charge < -0.3 is 5.32 Å². The molecule has 0 bridgehead atoms. The number of likely N-dealkylation sites (N-methyl/N-ethyl adjacent to an activating group) is 1. The molecule has 18 heavy (non-hydrogen) atoms. The standard InChI is InChI=1S/C14H20N2OS/c1-2-16-9-3-4-12(16)10-15-14(17)11-5-7-13(18)8-6-11/h5-8,12,18H,2-4,9-10H2,1H3,(H,15,17). The van der Waals surface area contributed by atoms with Crippen LogP contribution in [0.5, 0.6) is 0 Å². The van der Waals surface area contributed by atoms with E-state index in [4.69, 9.17) is 0 Å². The van der Waals surface area contributed by atoms with Gasteiger partial charge in [0.25, 0.3) is 5.91 Å². The maximum absolute atomic E-state index is 12.0. The molecule has 1 aromatic carbocycles. The number of nitrogens with one attached hydrogen (secondary N) is 1. The third-order valence-electron chi connectivity index (χ3n) is 3.53. The maximum atomic E-state index is 12.0. The molecule has 1 aromatic rings. The molecule has 1 N–H and O–H groups in total. The van der Waals surface area contributed by atoms with E-state index < -0.39 is 0 Å². The van der Waals surface area contributed by atoms with Gasteiger partial charge in [0.05, 0.1) is 0 Å². The first kappa shape index (κ1) is 13.4. The fourth-order valence-electron chi connectivity index (χ4n) is 2.47. The van der Waals surface area contributed by atoms with Crippen molar-refractivity contribution in [1.82, 2.24) is 10.2 Å². The predicted molar refractivity (Wildman–Crippen MR) is 76.3 cm³/mol. The van der Waals surface area contributed by atoms with Crippen molar-refractivity contribution >= 4 is 18.5 Å². The first-order valence-corrected chi connectivity index (χ1v) is 6.96. The fraction of sp³-hybridized carbons (Fsp3) is 0.500. The van der Waals surface area contributed by atoms with Gasteiger partial charge in [-0.2, -0.15) is 0 Å². The van der Waals surface area contributed by atoms with E-state index >= 15 is 0 Å². The zero-order chi connectivity index (χ0) is 13.0. The number of thiol groups is 1. The number of likely N-dealkylation sites (tertiary alicyclic amines) is 1. The summed E-state index contributed by atoms with van der Waals surface area (Å²) in [5, 5.41) is 3.02. The van der Waals surface area contributed by atoms with E-state index in [2.05, 4.69) is 29.8 Å². The van der Waals surface area contributed by atoms with E-state index in [1.165, 1.54) is 12.8 Å². The Labute approximate surface area is 114 Å². The van der Waals surface area contributed by atoms with E-state index in [1.807, 2.05) is 24.3 Å². The van der Waals surface area contributed by atoms with Crippen LogP contribution in [-0.2, 0) is 0 Å². The summed E-state index contributed by atoms with van der Waals surface area (Å²) in [6.07, 6.45) is 2.42. The van der Waals surface area contributed by atoms with E-state index in [9.17, 15) is 4.79 Å². The van der Waals surface area contributed by atoms with Crippen LogP contribution in [-0.4, -0.2) is 36.5 Å². The lowest BCUT2D eigenvalue weighted by molar-refractivity contribution is 0.0941.